The first kappa shape index (κ1) is 18.0. The van der Waals surface area contributed by atoms with E-state index < -0.39 is 11.7 Å². The van der Waals surface area contributed by atoms with Crippen molar-refractivity contribution in [2.24, 2.45) is 5.41 Å². The number of fused-ring (bicyclic) bond motifs is 3. The van der Waals surface area contributed by atoms with Crippen LogP contribution in [0.15, 0.2) is 18.2 Å². The maximum Gasteiger partial charge on any atom is 0.359 e. The van der Waals surface area contributed by atoms with Crippen molar-refractivity contribution in [1.29, 1.82) is 0 Å². The Balaban J connectivity index is 1.89. The van der Waals surface area contributed by atoms with Crippen molar-refractivity contribution in [3.8, 4) is 5.75 Å². The zero-order valence-electron chi connectivity index (χ0n) is 16.8. The highest BCUT2D eigenvalue weighted by Crippen LogP contribution is 2.60. The van der Waals surface area contributed by atoms with Crippen molar-refractivity contribution >= 4 is 16.9 Å². The summed E-state index contributed by atoms with van der Waals surface area (Å²) >= 11 is 0. The molecular formula is C22H28N2O4. The number of aromatic nitrogens is 1. The number of methoxy groups -OCH3 is 2. The first-order valence-corrected chi connectivity index (χ1v) is 10.3. The smallest absolute Gasteiger partial charge is 0.359 e. The molecule has 1 aromatic heterocycles. The van der Waals surface area contributed by atoms with Gasteiger partial charge in [0, 0.05) is 30.1 Å². The van der Waals surface area contributed by atoms with Gasteiger partial charge in [0.15, 0.2) is 0 Å². The normalized spacial score (nSPS) is 31.5. The molecule has 5 rings (SSSR count). The van der Waals surface area contributed by atoms with Gasteiger partial charge in [-0.25, -0.2) is 4.79 Å². The Hall–Kier alpha value is -2.05. The summed E-state index contributed by atoms with van der Waals surface area (Å²) < 4.78 is 12.4. The van der Waals surface area contributed by atoms with Crippen LogP contribution >= 0.6 is 0 Å². The number of hydrogen-bond acceptors (Lipinski definition) is 5. The lowest BCUT2D eigenvalue weighted by atomic mass is 9.62. The van der Waals surface area contributed by atoms with Crippen LogP contribution in [-0.2, 0) is 21.7 Å². The molecule has 150 valence electrons. The molecule has 28 heavy (non-hydrogen) atoms. The minimum absolute atomic E-state index is 0.120. The van der Waals surface area contributed by atoms with E-state index in [0.29, 0.717) is 6.42 Å². The van der Waals surface area contributed by atoms with Gasteiger partial charge in [0.05, 0.1) is 25.8 Å². The lowest BCUT2D eigenvalue weighted by Gasteiger charge is -2.57. The summed E-state index contributed by atoms with van der Waals surface area (Å²) in [6.07, 6.45) is 4.37. The highest BCUT2D eigenvalue weighted by Gasteiger charge is 2.60. The summed E-state index contributed by atoms with van der Waals surface area (Å²) in [5.74, 6) is 0.141. The summed E-state index contributed by atoms with van der Waals surface area (Å²) in [5.41, 5.74) is 1.41. The maximum absolute atomic E-state index is 13.0. The lowest BCUT2D eigenvalue weighted by molar-refractivity contribution is -0.194. The average molecular weight is 384 g/mol. The molecule has 0 amide bonds. The first-order valence-electron chi connectivity index (χ1n) is 10.3. The minimum Gasteiger partial charge on any atom is -0.497 e. The number of esters is 1. The second-order valence-corrected chi connectivity index (χ2v) is 8.58. The molecule has 2 aromatic rings. The van der Waals surface area contributed by atoms with Crippen molar-refractivity contribution in [1.82, 2.24) is 9.47 Å². The minimum atomic E-state index is -1.69. The Kier molecular flexibility index (Phi) is 3.84. The Morgan fingerprint density at radius 1 is 1.32 bits per heavy atom. The third kappa shape index (κ3) is 2.08. The molecule has 6 heteroatoms. The van der Waals surface area contributed by atoms with Crippen LogP contribution < -0.4 is 4.74 Å². The highest BCUT2D eigenvalue weighted by atomic mass is 16.5. The fraction of sp³-hybridized carbons (Fsp3) is 0.591. The molecule has 1 fully saturated rings. The SMILES string of the molecule is CC[C@]12CCCN3CCc4c(n(c5cc(OC)ccc45)[C@](O)(C(=O)OC)C1)[C@@H]32. The predicted octanol–water partition coefficient (Wildman–Crippen LogP) is 2.96. The average Bonchev–Trinajstić information content (AvgIpc) is 3.07. The lowest BCUT2D eigenvalue weighted by Crippen LogP contribution is -2.60. The monoisotopic (exact) mass is 384 g/mol. The Morgan fingerprint density at radius 3 is 2.86 bits per heavy atom. The number of benzene rings is 1. The van der Waals surface area contributed by atoms with Crippen molar-refractivity contribution in [3.63, 3.8) is 0 Å². The largest absolute Gasteiger partial charge is 0.497 e. The third-order valence-electron chi connectivity index (χ3n) is 7.48. The van der Waals surface area contributed by atoms with Crippen LogP contribution in [0.1, 0.15) is 49.9 Å². The molecule has 0 unspecified atom stereocenters. The van der Waals surface area contributed by atoms with E-state index in [0.717, 1.165) is 61.1 Å². The van der Waals surface area contributed by atoms with Gasteiger partial charge in [-0.1, -0.05) is 6.92 Å². The van der Waals surface area contributed by atoms with Gasteiger partial charge in [0.25, 0.3) is 0 Å². The van der Waals surface area contributed by atoms with E-state index in [1.807, 2.05) is 16.7 Å². The first-order chi connectivity index (χ1) is 13.5. The molecule has 3 aliphatic rings. The van der Waals surface area contributed by atoms with Crippen LogP contribution in [0.3, 0.4) is 0 Å². The van der Waals surface area contributed by atoms with Crippen molar-refractivity contribution in [3.05, 3.63) is 29.5 Å². The fourth-order valence-electron chi connectivity index (χ4n) is 6.25. The van der Waals surface area contributed by atoms with Crippen LogP contribution in [0.25, 0.3) is 10.9 Å². The van der Waals surface area contributed by atoms with E-state index in [4.69, 9.17) is 9.47 Å². The molecule has 0 bridgehead atoms. The molecule has 0 saturated carbocycles. The predicted molar refractivity (Wildman–Crippen MR) is 105 cm³/mol. The van der Waals surface area contributed by atoms with Gasteiger partial charge in [-0.2, -0.15) is 0 Å². The van der Waals surface area contributed by atoms with Gasteiger partial charge < -0.3 is 19.1 Å². The molecular weight excluding hydrogens is 356 g/mol. The maximum atomic E-state index is 13.0. The van der Waals surface area contributed by atoms with Gasteiger partial charge in [-0.05, 0) is 55.3 Å². The molecule has 1 N–H and O–H groups in total. The van der Waals surface area contributed by atoms with Gasteiger partial charge in [-0.3, -0.25) is 4.90 Å². The molecule has 4 heterocycles. The number of carbonyl (C=O) groups excluding carboxylic acids is 1. The van der Waals surface area contributed by atoms with Crippen LogP contribution in [0, 0.1) is 5.41 Å². The van der Waals surface area contributed by atoms with Gasteiger partial charge >= 0.3 is 5.97 Å². The zero-order valence-corrected chi connectivity index (χ0v) is 16.8. The number of aliphatic hydroxyl groups is 1. The summed E-state index contributed by atoms with van der Waals surface area (Å²) in [5, 5.41) is 12.9. The van der Waals surface area contributed by atoms with E-state index in [1.54, 1.807) is 7.11 Å². The molecule has 1 saturated heterocycles. The molecule has 1 aromatic carbocycles. The van der Waals surface area contributed by atoms with Crippen LogP contribution in [0.2, 0.25) is 0 Å². The number of piperidine rings is 1. The summed E-state index contributed by atoms with van der Waals surface area (Å²) in [6.45, 7) is 4.30. The summed E-state index contributed by atoms with van der Waals surface area (Å²) in [7, 11) is 2.99. The molecule has 0 aliphatic carbocycles. The van der Waals surface area contributed by atoms with E-state index in [2.05, 4.69) is 17.9 Å². The van der Waals surface area contributed by atoms with E-state index in [1.165, 1.54) is 12.7 Å². The van der Waals surface area contributed by atoms with Crippen LogP contribution in [0.5, 0.6) is 5.75 Å². The summed E-state index contributed by atoms with van der Waals surface area (Å²) in [6, 6.07) is 6.20. The number of hydrogen-bond donors (Lipinski definition) is 1. The highest BCUT2D eigenvalue weighted by molar-refractivity contribution is 5.91. The molecule has 3 aliphatic heterocycles. The van der Waals surface area contributed by atoms with E-state index >= 15 is 0 Å². The summed E-state index contributed by atoms with van der Waals surface area (Å²) in [4.78, 5) is 15.5. The zero-order chi connectivity index (χ0) is 19.7. The second kappa shape index (κ2) is 5.97. The quantitative estimate of drug-likeness (QED) is 0.825. The van der Waals surface area contributed by atoms with E-state index in [9.17, 15) is 9.90 Å². The topological polar surface area (TPSA) is 63.9 Å². The van der Waals surface area contributed by atoms with Gasteiger partial charge in [-0.15, -0.1) is 0 Å². The second-order valence-electron chi connectivity index (χ2n) is 8.58. The Bertz CT molecular complexity index is 967. The molecule has 6 nitrogen and oxygen atoms in total. The molecule has 0 radical (unpaired) electrons. The van der Waals surface area contributed by atoms with Crippen molar-refractivity contribution < 1.29 is 19.4 Å². The molecule has 0 spiro atoms. The molecule has 3 atom stereocenters. The number of rotatable bonds is 3. The van der Waals surface area contributed by atoms with Crippen LogP contribution in [-0.4, -0.2) is 47.9 Å². The van der Waals surface area contributed by atoms with Gasteiger partial charge in [0.1, 0.15) is 5.75 Å². The standard InChI is InChI=1S/C22H28N2O4/c1-4-21-9-5-10-23-11-8-16-15-7-6-14(27-2)12-17(15)24(18(16)19(21)23)22(26,13-21)20(25)28-3/h6-7,12,19,26H,4-5,8-11,13H2,1-3H3/t19-,21+,22-/m1/s1. The Labute approximate surface area is 165 Å². The number of nitrogens with zero attached hydrogens (tertiary/aromatic N) is 2. The van der Waals surface area contributed by atoms with Gasteiger partial charge in [0.2, 0.25) is 5.72 Å². The number of carbonyl (C=O) groups is 1. The van der Waals surface area contributed by atoms with Crippen molar-refractivity contribution in [2.45, 2.75) is 50.8 Å². The number of ether oxygens (including phenoxy) is 2. The van der Waals surface area contributed by atoms with Crippen molar-refractivity contribution in [2.75, 3.05) is 27.3 Å². The third-order valence-corrected chi connectivity index (χ3v) is 7.48. The van der Waals surface area contributed by atoms with Crippen LogP contribution in [0.4, 0.5) is 0 Å². The Morgan fingerprint density at radius 2 is 2.14 bits per heavy atom. The fourth-order valence-corrected chi connectivity index (χ4v) is 6.25. The van der Waals surface area contributed by atoms with E-state index in [-0.39, 0.29) is 11.5 Å².